The number of ether oxygens (including phenoxy) is 3. The minimum absolute atomic E-state index is 0.310. The normalized spacial score (nSPS) is 15.4. The van der Waals surface area contributed by atoms with E-state index in [0.29, 0.717) is 17.2 Å². The molecule has 0 bridgehead atoms. The van der Waals surface area contributed by atoms with Crippen molar-refractivity contribution in [3.8, 4) is 28.4 Å². The highest BCUT2D eigenvalue weighted by Gasteiger charge is 2.33. The van der Waals surface area contributed by atoms with Crippen molar-refractivity contribution in [2.75, 3.05) is 21.3 Å². The fourth-order valence-electron chi connectivity index (χ4n) is 2.88. The van der Waals surface area contributed by atoms with Crippen molar-refractivity contribution in [3.63, 3.8) is 0 Å². The summed E-state index contributed by atoms with van der Waals surface area (Å²) in [6.07, 6.45) is 0. The molecule has 1 aliphatic carbocycles. The highest BCUT2D eigenvalue weighted by Crippen LogP contribution is 2.53. The Hall–Kier alpha value is -2.27. The maximum absolute atomic E-state index is 13.5. The summed E-state index contributed by atoms with van der Waals surface area (Å²) in [5.41, 5.74) is 9.51. The zero-order valence-electron chi connectivity index (χ0n) is 12.1. The molecule has 1 unspecified atom stereocenters. The van der Waals surface area contributed by atoms with E-state index in [1.165, 1.54) is 12.1 Å². The van der Waals surface area contributed by atoms with E-state index in [-0.39, 0.29) is 5.82 Å². The SMILES string of the molecule is COc1cc2c(c(OC)c1OC)-c1ccc(F)cc1C2N. The van der Waals surface area contributed by atoms with Gasteiger partial charge in [-0.05, 0) is 34.9 Å². The van der Waals surface area contributed by atoms with Crippen molar-refractivity contribution in [3.05, 3.63) is 41.2 Å². The van der Waals surface area contributed by atoms with E-state index in [1.807, 2.05) is 6.07 Å². The standard InChI is InChI=1S/C16H16FNO3/c1-19-12-7-11-13(16(21-3)15(12)20-2)9-5-4-8(17)6-10(9)14(11)18/h4-7,14H,18H2,1-3H3. The van der Waals surface area contributed by atoms with Crippen LogP contribution in [0.5, 0.6) is 17.2 Å². The Labute approximate surface area is 122 Å². The Bertz CT molecular complexity index is 715. The molecule has 1 atom stereocenters. The van der Waals surface area contributed by atoms with E-state index < -0.39 is 6.04 Å². The quantitative estimate of drug-likeness (QED) is 0.944. The summed E-state index contributed by atoms with van der Waals surface area (Å²) in [5.74, 6) is 1.28. The average molecular weight is 289 g/mol. The van der Waals surface area contributed by atoms with E-state index in [9.17, 15) is 4.39 Å². The van der Waals surface area contributed by atoms with Crippen molar-refractivity contribution in [2.24, 2.45) is 5.73 Å². The highest BCUT2D eigenvalue weighted by atomic mass is 19.1. The van der Waals surface area contributed by atoms with Crippen molar-refractivity contribution in [2.45, 2.75) is 6.04 Å². The van der Waals surface area contributed by atoms with Gasteiger partial charge < -0.3 is 19.9 Å². The molecular formula is C16H16FNO3. The largest absolute Gasteiger partial charge is 0.493 e. The molecule has 1 aliphatic rings. The first-order valence-electron chi connectivity index (χ1n) is 6.50. The Balaban J connectivity index is 2.36. The van der Waals surface area contributed by atoms with Crippen LogP contribution >= 0.6 is 0 Å². The summed E-state index contributed by atoms with van der Waals surface area (Å²) < 4.78 is 29.7. The van der Waals surface area contributed by atoms with Crippen LogP contribution in [0.1, 0.15) is 17.2 Å². The first-order chi connectivity index (χ1) is 10.1. The second kappa shape index (κ2) is 4.93. The van der Waals surface area contributed by atoms with Crippen LogP contribution in [0, 0.1) is 5.82 Å². The zero-order chi connectivity index (χ0) is 15.1. The van der Waals surface area contributed by atoms with Crippen LogP contribution in [0.25, 0.3) is 11.1 Å². The monoisotopic (exact) mass is 289 g/mol. The maximum atomic E-state index is 13.5. The molecule has 0 saturated heterocycles. The first kappa shape index (κ1) is 13.7. The number of halogens is 1. The zero-order valence-corrected chi connectivity index (χ0v) is 12.1. The number of rotatable bonds is 3. The summed E-state index contributed by atoms with van der Waals surface area (Å²) in [6, 6.07) is 5.98. The van der Waals surface area contributed by atoms with Crippen LogP contribution in [-0.4, -0.2) is 21.3 Å². The third-order valence-corrected chi connectivity index (χ3v) is 3.81. The second-order valence-electron chi connectivity index (χ2n) is 4.82. The van der Waals surface area contributed by atoms with E-state index in [1.54, 1.807) is 27.4 Å². The van der Waals surface area contributed by atoms with Crippen molar-refractivity contribution < 1.29 is 18.6 Å². The van der Waals surface area contributed by atoms with E-state index in [0.717, 1.165) is 22.3 Å². The molecule has 0 radical (unpaired) electrons. The molecule has 4 nitrogen and oxygen atoms in total. The number of methoxy groups -OCH3 is 3. The molecule has 0 aliphatic heterocycles. The second-order valence-corrected chi connectivity index (χ2v) is 4.82. The summed E-state index contributed by atoms with van der Waals surface area (Å²) in [5, 5.41) is 0. The van der Waals surface area contributed by atoms with Crippen LogP contribution in [0.4, 0.5) is 4.39 Å². The Morgan fingerprint density at radius 2 is 1.67 bits per heavy atom. The molecule has 2 aromatic carbocycles. The molecule has 0 aromatic heterocycles. The fraction of sp³-hybridized carbons (Fsp3) is 0.250. The summed E-state index contributed by atoms with van der Waals surface area (Å²) in [4.78, 5) is 0. The van der Waals surface area contributed by atoms with Gasteiger partial charge in [-0.25, -0.2) is 4.39 Å². The molecule has 21 heavy (non-hydrogen) atoms. The van der Waals surface area contributed by atoms with Gasteiger partial charge in [-0.2, -0.15) is 0 Å². The molecule has 0 saturated carbocycles. The van der Waals surface area contributed by atoms with E-state index >= 15 is 0 Å². The maximum Gasteiger partial charge on any atom is 0.203 e. The lowest BCUT2D eigenvalue weighted by Crippen LogP contribution is -2.09. The lowest BCUT2D eigenvalue weighted by molar-refractivity contribution is 0.325. The van der Waals surface area contributed by atoms with Gasteiger partial charge >= 0.3 is 0 Å². The minimum Gasteiger partial charge on any atom is -0.493 e. The molecule has 5 heteroatoms. The van der Waals surface area contributed by atoms with Crippen LogP contribution in [0.15, 0.2) is 24.3 Å². The third kappa shape index (κ3) is 1.85. The summed E-state index contributed by atoms with van der Waals surface area (Å²) in [6.45, 7) is 0. The molecule has 2 aromatic rings. The van der Waals surface area contributed by atoms with Gasteiger partial charge in [0, 0.05) is 5.56 Å². The lowest BCUT2D eigenvalue weighted by Gasteiger charge is -2.17. The smallest absolute Gasteiger partial charge is 0.203 e. The Kier molecular flexibility index (Phi) is 3.22. The molecular weight excluding hydrogens is 273 g/mol. The summed E-state index contributed by atoms with van der Waals surface area (Å²) >= 11 is 0. The Morgan fingerprint density at radius 1 is 0.952 bits per heavy atom. The average Bonchev–Trinajstić information content (AvgIpc) is 2.77. The van der Waals surface area contributed by atoms with Crippen LogP contribution < -0.4 is 19.9 Å². The number of hydrogen-bond donors (Lipinski definition) is 1. The van der Waals surface area contributed by atoms with Gasteiger partial charge in [0.1, 0.15) is 5.82 Å². The van der Waals surface area contributed by atoms with Crippen molar-refractivity contribution >= 4 is 0 Å². The van der Waals surface area contributed by atoms with Gasteiger partial charge in [0.15, 0.2) is 11.5 Å². The molecule has 0 amide bonds. The van der Waals surface area contributed by atoms with Gasteiger partial charge in [-0.15, -0.1) is 0 Å². The van der Waals surface area contributed by atoms with Gasteiger partial charge in [0.25, 0.3) is 0 Å². The topological polar surface area (TPSA) is 53.7 Å². The van der Waals surface area contributed by atoms with Crippen molar-refractivity contribution in [1.82, 2.24) is 0 Å². The molecule has 0 spiro atoms. The van der Waals surface area contributed by atoms with Gasteiger partial charge in [-0.3, -0.25) is 0 Å². The highest BCUT2D eigenvalue weighted by molar-refractivity contribution is 5.87. The molecule has 2 N–H and O–H groups in total. The molecule has 3 rings (SSSR count). The number of hydrogen-bond acceptors (Lipinski definition) is 4. The first-order valence-corrected chi connectivity index (χ1v) is 6.50. The Morgan fingerprint density at radius 3 is 2.29 bits per heavy atom. The molecule has 0 fully saturated rings. The van der Waals surface area contributed by atoms with Crippen LogP contribution in [0.2, 0.25) is 0 Å². The number of benzene rings is 2. The van der Waals surface area contributed by atoms with Gasteiger partial charge in [0.05, 0.1) is 27.4 Å². The predicted octanol–water partition coefficient (Wildman–Crippen LogP) is 2.88. The number of nitrogens with two attached hydrogens (primary N) is 1. The fourth-order valence-corrected chi connectivity index (χ4v) is 2.88. The van der Waals surface area contributed by atoms with Crippen LogP contribution in [-0.2, 0) is 0 Å². The third-order valence-electron chi connectivity index (χ3n) is 3.81. The van der Waals surface area contributed by atoms with E-state index in [4.69, 9.17) is 19.9 Å². The number of fused-ring (bicyclic) bond motifs is 3. The lowest BCUT2D eigenvalue weighted by atomic mass is 10.0. The molecule has 0 heterocycles. The van der Waals surface area contributed by atoms with Crippen molar-refractivity contribution in [1.29, 1.82) is 0 Å². The van der Waals surface area contributed by atoms with Gasteiger partial charge in [0.2, 0.25) is 5.75 Å². The predicted molar refractivity (Wildman–Crippen MR) is 77.5 cm³/mol. The molecule has 110 valence electrons. The van der Waals surface area contributed by atoms with E-state index in [2.05, 4.69) is 0 Å². The minimum atomic E-state index is -0.417. The van der Waals surface area contributed by atoms with Gasteiger partial charge in [-0.1, -0.05) is 6.07 Å². The van der Waals surface area contributed by atoms with Crippen LogP contribution in [0.3, 0.4) is 0 Å². The summed E-state index contributed by atoms with van der Waals surface area (Å²) in [7, 11) is 4.66.